The minimum Gasteiger partial charge on any atom is -0.0656 e. The molecular formula is C29H43PSi. The Morgan fingerprint density at radius 2 is 0.903 bits per heavy atom. The maximum Gasteiger partial charge on any atom is 0.0775 e. The number of benzene rings is 1. The lowest BCUT2D eigenvalue weighted by atomic mass is 9.55. The predicted octanol–water partition coefficient (Wildman–Crippen LogP) is 7.28. The van der Waals surface area contributed by atoms with Crippen LogP contribution in [0.5, 0.6) is 0 Å². The standard InChI is InChI=1S/C29H43PSi/c1-31(2,3)27-6-4-26(5-7-27)30(28-14-20-8-21(15-28)10-22(9-20)16-28)29-17-23-11-24(18-29)13-25(12-23)19-29/h4-7,20-25H,8-19H2,1-3H3. The third-order valence-electron chi connectivity index (χ3n) is 11.0. The van der Waals surface area contributed by atoms with E-state index in [1.807, 2.05) is 5.30 Å². The van der Waals surface area contributed by atoms with E-state index in [0.29, 0.717) is 0 Å². The molecule has 8 fully saturated rings. The van der Waals surface area contributed by atoms with Crippen molar-refractivity contribution in [3.8, 4) is 0 Å². The van der Waals surface area contributed by atoms with Crippen molar-refractivity contribution in [3.05, 3.63) is 24.3 Å². The Labute approximate surface area is 193 Å². The lowest BCUT2D eigenvalue weighted by Gasteiger charge is -2.67. The van der Waals surface area contributed by atoms with E-state index in [0.717, 1.165) is 45.8 Å². The Bertz CT molecular complexity index is 747. The van der Waals surface area contributed by atoms with E-state index in [9.17, 15) is 0 Å². The van der Waals surface area contributed by atoms with Crippen molar-refractivity contribution in [2.24, 2.45) is 35.5 Å². The SMILES string of the molecule is C[Si](C)(C)c1ccc(P(C23CC4CC(CC(C4)C2)C3)C23CC4CC(CC(C4)C2)C3)cc1. The molecule has 2 heteroatoms. The second-order valence-corrected chi connectivity index (χ2v) is 22.6. The molecule has 168 valence electrons. The summed E-state index contributed by atoms with van der Waals surface area (Å²) in [4.78, 5) is 0. The molecule has 0 atom stereocenters. The summed E-state index contributed by atoms with van der Waals surface area (Å²) in [6.45, 7) is 7.55. The summed E-state index contributed by atoms with van der Waals surface area (Å²) >= 11 is 0. The molecule has 8 bridgehead atoms. The largest absolute Gasteiger partial charge is 0.0775 e. The minimum atomic E-state index is -1.22. The van der Waals surface area contributed by atoms with Crippen LogP contribution in [0.2, 0.25) is 19.6 Å². The Hall–Kier alpha value is -0.133. The van der Waals surface area contributed by atoms with E-state index in [2.05, 4.69) is 43.9 Å². The highest BCUT2D eigenvalue weighted by Crippen LogP contribution is 2.78. The molecule has 1 aromatic carbocycles. The molecule has 9 rings (SSSR count). The fourth-order valence-electron chi connectivity index (χ4n) is 10.8. The third kappa shape index (κ3) is 3.15. The van der Waals surface area contributed by atoms with Crippen molar-refractivity contribution in [1.82, 2.24) is 0 Å². The monoisotopic (exact) mass is 450 g/mol. The van der Waals surface area contributed by atoms with Crippen molar-refractivity contribution in [1.29, 1.82) is 0 Å². The smallest absolute Gasteiger partial charge is 0.0656 e. The van der Waals surface area contributed by atoms with Crippen LogP contribution < -0.4 is 10.5 Å². The normalized spacial score (nSPS) is 48.4. The average Bonchev–Trinajstić information content (AvgIpc) is 2.65. The molecule has 8 aliphatic rings. The minimum absolute atomic E-state index is 0.0368. The van der Waals surface area contributed by atoms with Crippen LogP contribution in [-0.4, -0.2) is 18.4 Å². The lowest BCUT2D eigenvalue weighted by molar-refractivity contribution is 0.0195. The summed E-state index contributed by atoms with van der Waals surface area (Å²) in [6, 6.07) is 10.6. The zero-order valence-corrected chi connectivity index (χ0v) is 22.1. The van der Waals surface area contributed by atoms with E-state index in [1.165, 1.54) is 0 Å². The van der Waals surface area contributed by atoms with Crippen molar-refractivity contribution < 1.29 is 0 Å². The molecule has 0 unspecified atom stereocenters. The van der Waals surface area contributed by atoms with E-state index in [-0.39, 0.29) is 7.92 Å². The van der Waals surface area contributed by atoms with Gasteiger partial charge in [-0.2, -0.15) is 0 Å². The van der Waals surface area contributed by atoms with Crippen LogP contribution in [0.1, 0.15) is 77.0 Å². The topological polar surface area (TPSA) is 0 Å². The second-order valence-electron chi connectivity index (χ2n) is 14.4. The molecule has 0 radical (unpaired) electrons. The summed E-state index contributed by atoms with van der Waals surface area (Å²) in [5.41, 5.74) is 0. The maximum atomic E-state index is 2.69. The van der Waals surface area contributed by atoms with Crippen molar-refractivity contribution in [3.63, 3.8) is 0 Å². The first-order chi connectivity index (χ1) is 14.8. The number of rotatable bonds is 4. The number of hydrogen-bond donors (Lipinski definition) is 0. The molecule has 0 heterocycles. The van der Waals surface area contributed by atoms with E-state index in [1.54, 1.807) is 82.2 Å². The van der Waals surface area contributed by atoms with Crippen LogP contribution in [0, 0.1) is 35.5 Å². The third-order valence-corrected chi connectivity index (χ3v) is 16.8. The summed E-state index contributed by atoms with van der Waals surface area (Å²) in [5, 5.41) is 4.95. The van der Waals surface area contributed by atoms with Crippen LogP contribution in [0.3, 0.4) is 0 Å². The highest BCUT2D eigenvalue weighted by molar-refractivity contribution is 7.68. The molecule has 1 aromatic rings. The zero-order chi connectivity index (χ0) is 21.0. The Balaban J connectivity index is 1.34. The molecule has 0 saturated heterocycles. The Morgan fingerprint density at radius 3 is 1.19 bits per heavy atom. The molecule has 31 heavy (non-hydrogen) atoms. The van der Waals surface area contributed by atoms with Gasteiger partial charge in [0.05, 0.1) is 8.07 Å². The highest BCUT2D eigenvalue weighted by Gasteiger charge is 2.62. The van der Waals surface area contributed by atoms with Gasteiger partial charge in [0.1, 0.15) is 0 Å². The summed E-state index contributed by atoms with van der Waals surface area (Å²) in [6.07, 6.45) is 19.3. The molecule has 0 amide bonds. The molecule has 0 aliphatic heterocycles. The highest BCUT2D eigenvalue weighted by atomic mass is 31.1. The zero-order valence-electron chi connectivity index (χ0n) is 20.2. The van der Waals surface area contributed by atoms with Gasteiger partial charge in [-0.05, 0) is 128 Å². The van der Waals surface area contributed by atoms with Crippen molar-refractivity contribution >= 4 is 26.5 Å². The van der Waals surface area contributed by atoms with Crippen LogP contribution in [0.4, 0.5) is 0 Å². The van der Waals surface area contributed by atoms with Crippen molar-refractivity contribution in [2.75, 3.05) is 0 Å². The Kier molecular flexibility index (Phi) is 4.39. The van der Waals surface area contributed by atoms with E-state index in [4.69, 9.17) is 0 Å². The Morgan fingerprint density at radius 1 is 0.581 bits per heavy atom. The van der Waals surface area contributed by atoms with Gasteiger partial charge in [0.25, 0.3) is 0 Å². The van der Waals surface area contributed by atoms with Gasteiger partial charge >= 0.3 is 0 Å². The molecule has 0 spiro atoms. The number of hydrogen-bond acceptors (Lipinski definition) is 0. The maximum absolute atomic E-state index is 2.69. The molecule has 8 aliphatic carbocycles. The second kappa shape index (κ2) is 6.72. The van der Waals surface area contributed by atoms with E-state index >= 15 is 0 Å². The first-order valence-corrected chi connectivity index (χ1v) is 18.6. The quantitative estimate of drug-likeness (QED) is 0.334. The van der Waals surface area contributed by atoms with Gasteiger partial charge in [-0.1, -0.05) is 57.0 Å². The molecule has 0 N–H and O–H groups in total. The first kappa shape index (κ1) is 20.3. The van der Waals surface area contributed by atoms with Gasteiger partial charge in [0.2, 0.25) is 0 Å². The van der Waals surface area contributed by atoms with Gasteiger partial charge in [-0.25, -0.2) is 0 Å². The van der Waals surface area contributed by atoms with Crippen LogP contribution in [0.25, 0.3) is 0 Å². The van der Waals surface area contributed by atoms with Crippen LogP contribution in [-0.2, 0) is 0 Å². The lowest BCUT2D eigenvalue weighted by Crippen LogP contribution is -2.58. The van der Waals surface area contributed by atoms with Gasteiger partial charge in [-0.15, -0.1) is 0 Å². The van der Waals surface area contributed by atoms with Gasteiger partial charge in [0.15, 0.2) is 0 Å². The summed E-state index contributed by atoms with van der Waals surface area (Å²) in [7, 11) is -1.26. The van der Waals surface area contributed by atoms with Crippen molar-refractivity contribution in [2.45, 2.75) is 107 Å². The van der Waals surface area contributed by atoms with Crippen LogP contribution in [0.15, 0.2) is 24.3 Å². The first-order valence-electron chi connectivity index (χ1n) is 13.7. The molecule has 0 nitrogen and oxygen atoms in total. The summed E-state index contributed by atoms with van der Waals surface area (Å²) < 4.78 is 0. The van der Waals surface area contributed by atoms with Gasteiger partial charge in [-0.3, -0.25) is 0 Å². The average molecular weight is 451 g/mol. The van der Waals surface area contributed by atoms with Gasteiger partial charge in [0, 0.05) is 0 Å². The molecular weight excluding hydrogens is 407 g/mol. The fourth-order valence-corrected chi connectivity index (χ4v) is 17.2. The summed E-state index contributed by atoms with van der Waals surface area (Å²) in [5.74, 6) is 6.54. The van der Waals surface area contributed by atoms with Crippen LogP contribution >= 0.6 is 7.92 Å². The molecule has 8 saturated carbocycles. The van der Waals surface area contributed by atoms with E-state index < -0.39 is 8.07 Å². The van der Waals surface area contributed by atoms with Gasteiger partial charge < -0.3 is 0 Å². The predicted molar refractivity (Wildman–Crippen MR) is 138 cm³/mol. The molecule has 0 aromatic heterocycles. The fraction of sp³-hybridized carbons (Fsp3) is 0.793.